The van der Waals surface area contributed by atoms with Crippen molar-refractivity contribution in [3.05, 3.63) is 5.82 Å². The van der Waals surface area contributed by atoms with Gasteiger partial charge in [-0.2, -0.15) is 4.80 Å². The Hall–Kier alpha value is -0.970. The van der Waals surface area contributed by atoms with Crippen LogP contribution < -0.4 is 5.32 Å². The van der Waals surface area contributed by atoms with Gasteiger partial charge in [-0.15, -0.1) is 10.2 Å². The first-order chi connectivity index (χ1) is 6.88. The van der Waals surface area contributed by atoms with Crippen LogP contribution in [0.2, 0.25) is 0 Å². The van der Waals surface area contributed by atoms with Gasteiger partial charge in [0.05, 0.1) is 6.54 Å². The summed E-state index contributed by atoms with van der Waals surface area (Å²) in [6.07, 6.45) is 3.26. The van der Waals surface area contributed by atoms with Crippen molar-refractivity contribution in [2.24, 2.45) is 5.92 Å². The fourth-order valence-electron chi connectivity index (χ4n) is 1.80. The lowest BCUT2D eigenvalue weighted by Gasteiger charge is -2.02. The van der Waals surface area contributed by atoms with Gasteiger partial charge in [-0.3, -0.25) is 0 Å². The van der Waals surface area contributed by atoms with Gasteiger partial charge < -0.3 is 5.32 Å². The summed E-state index contributed by atoms with van der Waals surface area (Å²) in [5, 5.41) is 15.7. The lowest BCUT2D eigenvalue weighted by molar-refractivity contribution is 0.507. The van der Waals surface area contributed by atoms with Crippen molar-refractivity contribution in [1.29, 1.82) is 0 Å². The molecule has 14 heavy (non-hydrogen) atoms. The summed E-state index contributed by atoms with van der Waals surface area (Å²) < 4.78 is 0. The molecule has 1 aromatic rings. The van der Waals surface area contributed by atoms with Gasteiger partial charge in [0.25, 0.3) is 0 Å². The normalized spacial score (nSPS) is 21.6. The van der Waals surface area contributed by atoms with E-state index in [9.17, 15) is 0 Å². The van der Waals surface area contributed by atoms with E-state index >= 15 is 0 Å². The van der Waals surface area contributed by atoms with Crippen LogP contribution in [0, 0.1) is 5.92 Å². The molecule has 0 aliphatic carbocycles. The number of hydrogen-bond acceptors (Lipinski definition) is 4. The highest BCUT2D eigenvalue weighted by Gasteiger charge is 2.17. The molecule has 5 nitrogen and oxygen atoms in total. The Morgan fingerprint density at radius 1 is 1.57 bits per heavy atom. The minimum absolute atomic E-state index is 0.703. The fourth-order valence-corrected chi connectivity index (χ4v) is 1.80. The van der Waals surface area contributed by atoms with Crippen LogP contribution in [-0.2, 0) is 13.0 Å². The smallest absolute Gasteiger partial charge is 0.175 e. The molecule has 1 unspecified atom stereocenters. The van der Waals surface area contributed by atoms with E-state index in [0.717, 1.165) is 38.3 Å². The minimum Gasteiger partial charge on any atom is -0.316 e. The first-order valence-electron chi connectivity index (χ1n) is 5.36. The highest BCUT2D eigenvalue weighted by molar-refractivity contribution is 4.84. The monoisotopic (exact) mass is 195 g/mol. The number of aromatic nitrogens is 4. The summed E-state index contributed by atoms with van der Waals surface area (Å²) in [4.78, 5) is 1.69. The van der Waals surface area contributed by atoms with Crippen LogP contribution >= 0.6 is 0 Å². The van der Waals surface area contributed by atoms with E-state index in [1.807, 2.05) is 0 Å². The Morgan fingerprint density at radius 2 is 2.50 bits per heavy atom. The molecular formula is C9H17N5. The summed E-state index contributed by atoms with van der Waals surface area (Å²) in [6.45, 7) is 5.22. The summed E-state index contributed by atoms with van der Waals surface area (Å²) in [6, 6.07) is 0. The molecule has 5 heteroatoms. The predicted molar refractivity (Wildman–Crippen MR) is 52.8 cm³/mol. The Kier molecular flexibility index (Phi) is 3.08. The first kappa shape index (κ1) is 9.58. The van der Waals surface area contributed by atoms with Gasteiger partial charge in [-0.1, -0.05) is 6.92 Å². The van der Waals surface area contributed by atoms with E-state index in [0.29, 0.717) is 5.92 Å². The topological polar surface area (TPSA) is 55.6 Å². The van der Waals surface area contributed by atoms with Gasteiger partial charge in [-0.25, -0.2) is 0 Å². The molecule has 0 saturated carbocycles. The average Bonchev–Trinajstić information content (AvgIpc) is 2.79. The molecule has 1 atom stereocenters. The quantitative estimate of drug-likeness (QED) is 0.747. The molecular weight excluding hydrogens is 178 g/mol. The first-order valence-corrected chi connectivity index (χ1v) is 5.36. The molecule has 2 heterocycles. The van der Waals surface area contributed by atoms with Crippen molar-refractivity contribution in [2.75, 3.05) is 13.1 Å². The Balaban J connectivity index is 1.88. The molecule has 0 spiro atoms. The molecule has 1 aromatic heterocycles. The molecule has 1 N–H and O–H groups in total. The highest BCUT2D eigenvalue weighted by Crippen LogP contribution is 2.11. The maximum Gasteiger partial charge on any atom is 0.175 e. The van der Waals surface area contributed by atoms with E-state index in [1.54, 1.807) is 4.80 Å². The van der Waals surface area contributed by atoms with Crippen molar-refractivity contribution in [1.82, 2.24) is 25.5 Å². The van der Waals surface area contributed by atoms with Gasteiger partial charge in [-0.05, 0) is 37.1 Å². The Labute approximate surface area is 83.9 Å². The van der Waals surface area contributed by atoms with Crippen molar-refractivity contribution in [3.8, 4) is 0 Å². The molecule has 1 saturated heterocycles. The van der Waals surface area contributed by atoms with Crippen LogP contribution in [0.3, 0.4) is 0 Å². The van der Waals surface area contributed by atoms with Crippen molar-refractivity contribution in [3.63, 3.8) is 0 Å². The van der Waals surface area contributed by atoms with Gasteiger partial charge in [0.2, 0.25) is 0 Å². The van der Waals surface area contributed by atoms with E-state index in [4.69, 9.17) is 0 Å². The molecule has 2 rings (SSSR count). The lowest BCUT2D eigenvalue weighted by Crippen LogP contribution is -2.11. The molecule has 0 amide bonds. The standard InChI is InChI=1S/C9H17N5/c1-2-5-14-12-9(11-13-14)6-8-3-4-10-7-8/h8,10H,2-7H2,1H3. The third-order valence-corrected chi connectivity index (χ3v) is 2.55. The van der Waals surface area contributed by atoms with Gasteiger partial charge in [0.15, 0.2) is 5.82 Å². The third kappa shape index (κ3) is 2.29. The van der Waals surface area contributed by atoms with Crippen LogP contribution in [0.1, 0.15) is 25.6 Å². The predicted octanol–water partition coefficient (Wildman–Crippen LogP) is 0.235. The van der Waals surface area contributed by atoms with Gasteiger partial charge >= 0.3 is 0 Å². The molecule has 1 fully saturated rings. The van der Waals surface area contributed by atoms with Crippen LogP contribution in [0.5, 0.6) is 0 Å². The summed E-state index contributed by atoms with van der Waals surface area (Å²) in [5.41, 5.74) is 0. The average molecular weight is 195 g/mol. The van der Waals surface area contributed by atoms with Crippen molar-refractivity contribution < 1.29 is 0 Å². The number of rotatable bonds is 4. The van der Waals surface area contributed by atoms with E-state index in [2.05, 4.69) is 27.7 Å². The van der Waals surface area contributed by atoms with Crippen molar-refractivity contribution >= 4 is 0 Å². The zero-order valence-corrected chi connectivity index (χ0v) is 8.61. The van der Waals surface area contributed by atoms with E-state index < -0.39 is 0 Å². The molecule has 1 aliphatic heterocycles. The van der Waals surface area contributed by atoms with Gasteiger partial charge in [0.1, 0.15) is 0 Å². The number of nitrogens with one attached hydrogen (secondary N) is 1. The molecule has 0 bridgehead atoms. The minimum atomic E-state index is 0.703. The van der Waals surface area contributed by atoms with E-state index in [1.165, 1.54) is 6.42 Å². The molecule has 78 valence electrons. The van der Waals surface area contributed by atoms with Gasteiger partial charge in [0, 0.05) is 6.42 Å². The molecule has 0 radical (unpaired) electrons. The van der Waals surface area contributed by atoms with Crippen LogP contribution in [0.4, 0.5) is 0 Å². The summed E-state index contributed by atoms with van der Waals surface area (Å²) >= 11 is 0. The van der Waals surface area contributed by atoms with Crippen LogP contribution in [0.15, 0.2) is 0 Å². The second kappa shape index (κ2) is 4.50. The Morgan fingerprint density at radius 3 is 3.21 bits per heavy atom. The SMILES string of the molecule is CCCn1nnc(CC2CCNC2)n1. The second-order valence-corrected chi connectivity index (χ2v) is 3.86. The van der Waals surface area contributed by atoms with Crippen LogP contribution in [0.25, 0.3) is 0 Å². The molecule has 1 aliphatic rings. The molecule has 0 aromatic carbocycles. The van der Waals surface area contributed by atoms with Crippen molar-refractivity contribution in [2.45, 2.75) is 32.7 Å². The fraction of sp³-hybridized carbons (Fsp3) is 0.889. The summed E-state index contributed by atoms with van der Waals surface area (Å²) in [5.74, 6) is 1.60. The summed E-state index contributed by atoms with van der Waals surface area (Å²) in [7, 11) is 0. The Bertz CT molecular complexity index is 276. The van der Waals surface area contributed by atoms with E-state index in [-0.39, 0.29) is 0 Å². The third-order valence-electron chi connectivity index (χ3n) is 2.55. The van der Waals surface area contributed by atoms with Crippen LogP contribution in [-0.4, -0.2) is 33.3 Å². The number of hydrogen-bond donors (Lipinski definition) is 1. The zero-order valence-electron chi connectivity index (χ0n) is 8.61. The number of tetrazole rings is 1. The maximum absolute atomic E-state index is 4.33. The highest BCUT2D eigenvalue weighted by atomic mass is 15.6. The zero-order chi connectivity index (χ0) is 9.80. The number of nitrogens with zero attached hydrogens (tertiary/aromatic N) is 4. The largest absolute Gasteiger partial charge is 0.316 e. The maximum atomic E-state index is 4.33. The lowest BCUT2D eigenvalue weighted by atomic mass is 10.1. The number of aryl methyl sites for hydroxylation is 1. The second-order valence-electron chi connectivity index (χ2n) is 3.86.